The Bertz CT molecular complexity index is 612. The zero-order valence-corrected chi connectivity index (χ0v) is 21.7. The summed E-state index contributed by atoms with van der Waals surface area (Å²) >= 11 is 0. The molecule has 2 radical (unpaired) electrons. The standard InChI is InChI=1S/C8H7N2O2.C6H7N2.2CH3F.2F2.2Y/c9-7(11)5-2-1-3-6(4-5)8(10)12;7-5-2-1-3-6(8)4-5;4*1-2;;/h2-4H,(H2,9,11)(H2,10,12);2-4H,7-8H2;2*1H3;;;;/q2*-1;;;;;;. The molecule has 0 saturated carbocycles. The van der Waals surface area contributed by atoms with Crippen molar-refractivity contribution in [3.05, 3.63) is 59.7 Å². The van der Waals surface area contributed by atoms with Gasteiger partial charge in [0.15, 0.2) is 11.8 Å². The second-order valence-electron chi connectivity index (χ2n) is 3.84. The Hall–Kier alpha value is -1.23. The van der Waals surface area contributed by atoms with Crippen LogP contribution in [-0.2, 0) is 65.4 Å². The smallest absolute Gasteiger partial charge is 0.192 e. The van der Waals surface area contributed by atoms with Gasteiger partial charge >= 0.3 is 0 Å². The first-order valence-corrected chi connectivity index (χ1v) is 6.57. The summed E-state index contributed by atoms with van der Waals surface area (Å²) < 4.78 is 51.0. The van der Waals surface area contributed by atoms with Crippen molar-refractivity contribution in [2.45, 2.75) is 0 Å². The zero-order chi connectivity index (χ0) is 23.1. The molecule has 0 unspecified atom stereocenters. The molecule has 2 aromatic carbocycles. The number of carbonyl (C=O) groups is 2. The Morgan fingerprint density at radius 1 is 0.667 bits per heavy atom. The van der Waals surface area contributed by atoms with Crippen molar-refractivity contribution in [1.29, 1.82) is 0 Å². The van der Waals surface area contributed by atoms with Crippen molar-refractivity contribution in [1.82, 2.24) is 0 Å². The quantitative estimate of drug-likeness (QED) is 0.242. The molecular weight excluding hydrogens is 572 g/mol. The van der Waals surface area contributed by atoms with Crippen LogP contribution in [0.5, 0.6) is 0 Å². The van der Waals surface area contributed by atoms with Crippen molar-refractivity contribution in [2.75, 3.05) is 25.8 Å². The Balaban J connectivity index is -0.0000000704. The molecule has 0 aliphatic heterocycles. The first-order chi connectivity index (χ1) is 13.4. The number of amides is 2. The molecule has 6 nitrogen and oxygen atoms in total. The van der Waals surface area contributed by atoms with Gasteiger partial charge in [0.1, 0.15) is 0 Å². The molecule has 0 heterocycles. The van der Waals surface area contributed by atoms with Gasteiger partial charge in [-0.15, -0.1) is 12.1 Å². The second-order valence-corrected chi connectivity index (χ2v) is 3.84. The van der Waals surface area contributed by atoms with Gasteiger partial charge in [0.05, 0.1) is 14.4 Å². The molecule has 0 spiro atoms. The molecular formula is C16H20F6N4O2Y2-2. The summed E-state index contributed by atoms with van der Waals surface area (Å²) in [4.78, 5) is 21.3. The number of primary amides is 2. The van der Waals surface area contributed by atoms with E-state index in [9.17, 15) is 18.4 Å². The number of halogens is 6. The molecule has 0 aliphatic rings. The second kappa shape index (κ2) is 32.4. The van der Waals surface area contributed by atoms with Gasteiger partial charge in [-0.1, -0.05) is 22.5 Å². The summed E-state index contributed by atoms with van der Waals surface area (Å²) in [5, 5.41) is 0. The molecule has 2 aromatic rings. The summed E-state index contributed by atoms with van der Waals surface area (Å²) in [5.41, 5.74) is 22.4. The molecule has 166 valence electrons. The predicted octanol–water partition coefficient (Wildman–Crippen LogP) is 3.18. The molecule has 0 saturated heterocycles. The van der Waals surface area contributed by atoms with E-state index in [-0.39, 0.29) is 76.5 Å². The van der Waals surface area contributed by atoms with E-state index >= 15 is 0 Å². The first kappa shape index (κ1) is 42.8. The number of hydrogen-bond acceptors (Lipinski definition) is 4. The van der Waals surface area contributed by atoms with Crippen molar-refractivity contribution >= 4 is 23.2 Å². The third-order valence-corrected chi connectivity index (χ3v) is 2.19. The van der Waals surface area contributed by atoms with E-state index in [0.717, 1.165) is 0 Å². The van der Waals surface area contributed by atoms with E-state index < -0.39 is 11.8 Å². The van der Waals surface area contributed by atoms with Gasteiger partial charge in [-0.2, -0.15) is 36.4 Å². The number of carbonyl (C=O) groups excluding carboxylic acids is 2. The molecule has 0 fully saturated rings. The van der Waals surface area contributed by atoms with E-state index in [1.54, 1.807) is 18.2 Å². The van der Waals surface area contributed by atoms with Gasteiger partial charge in [0.25, 0.3) is 0 Å². The molecule has 0 aliphatic carbocycles. The largest absolute Gasteiger partial charge is 0.449 e. The Morgan fingerprint density at radius 3 is 1.13 bits per heavy atom. The van der Waals surface area contributed by atoms with E-state index in [0.29, 0.717) is 25.7 Å². The van der Waals surface area contributed by atoms with E-state index in [1.165, 1.54) is 18.2 Å². The van der Waals surface area contributed by atoms with Gasteiger partial charge in [0, 0.05) is 83.7 Å². The number of hydrogen-bond donors (Lipinski definition) is 4. The Kier molecular flexibility index (Phi) is 46.3. The number of nitrogen functional groups attached to an aromatic ring is 2. The molecule has 30 heavy (non-hydrogen) atoms. The topological polar surface area (TPSA) is 138 Å². The van der Waals surface area contributed by atoms with Crippen LogP contribution in [-0.4, -0.2) is 26.2 Å². The van der Waals surface area contributed by atoms with Gasteiger partial charge in [-0.05, 0) is 0 Å². The molecule has 14 heteroatoms. The molecule has 0 atom stereocenters. The molecule has 0 bridgehead atoms. The maximum atomic E-state index is 10.6. The van der Waals surface area contributed by atoms with Crippen molar-refractivity contribution in [3.8, 4) is 0 Å². The summed E-state index contributed by atoms with van der Waals surface area (Å²) in [7, 11) is 1.00. The van der Waals surface area contributed by atoms with Gasteiger partial charge in [-0.25, -0.2) is 0 Å². The predicted molar refractivity (Wildman–Crippen MR) is 94.9 cm³/mol. The van der Waals surface area contributed by atoms with Crippen LogP contribution >= 0.6 is 0 Å². The fourth-order valence-electron chi connectivity index (χ4n) is 1.27. The summed E-state index contributed by atoms with van der Waals surface area (Å²) in [6.45, 7) is 0. The van der Waals surface area contributed by atoms with E-state index in [2.05, 4.69) is 12.1 Å². The third kappa shape index (κ3) is 24.8. The average Bonchev–Trinajstić information content (AvgIpc) is 2.74. The van der Waals surface area contributed by atoms with Crippen LogP contribution in [0, 0.1) is 12.1 Å². The average molecular weight is 592 g/mol. The van der Waals surface area contributed by atoms with Crippen LogP contribution in [0.2, 0.25) is 0 Å². The maximum absolute atomic E-state index is 10.6. The minimum absolute atomic E-state index is 0. The van der Waals surface area contributed by atoms with Crippen LogP contribution in [0.3, 0.4) is 0 Å². The van der Waals surface area contributed by atoms with Gasteiger partial charge < -0.3 is 22.9 Å². The fourth-order valence-corrected chi connectivity index (χ4v) is 1.27. The number of alkyl halides is 2. The summed E-state index contributed by atoms with van der Waals surface area (Å²) in [6, 6.07) is 14.5. The first-order valence-electron chi connectivity index (χ1n) is 6.57. The zero-order valence-electron chi connectivity index (χ0n) is 16.0. The number of benzene rings is 2. The van der Waals surface area contributed by atoms with Crippen LogP contribution in [0.15, 0.2) is 36.4 Å². The molecule has 2 rings (SSSR count). The van der Waals surface area contributed by atoms with Gasteiger partial charge in [-0.3, -0.25) is 18.4 Å². The van der Waals surface area contributed by atoms with Crippen molar-refractivity contribution < 1.29 is 102 Å². The van der Waals surface area contributed by atoms with E-state index in [4.69, 9.17) is 41.2 Å². The number of nitrogens with two attached hydrogens (primary N) is 4. The fraction of sp³-hybridized carbons (Fsp3) is 0.125. The number of rotatable bonds is 2. The van der Waals surface area contributed by atoms with Crippen molar-refractivity contribution in [3.63, 3.8) is 0 Å². The summed E-state index contributed by atoms with van der Waals surface area (Å²) in [6.07, 6.45) is 0. The maximum Gasteiger partial charge on any atom is 0.192 e. The minimum atomic E-state index is -0.602. The Morgan fingerprint density at radius 2 is 0.933 bits per heavy atom. The van der Waals surface area contributed by atoms with Crippen LogP contribution in [0.1, 0.15) is 20.7 Å². The molecule has 0 aromatic heterocycles. The van der Waals surface area contributed by atoms with Crippen LogP contribution < -0.4 is 22.9 Å². The summed E-state index contributed by atoms with van der Waals surface area (Å²) in [5.74, 6) is -1.20. The third-order valence-electron chi connectivity index (χ3n) is 2.19. The van der Waals surface area contributed by atoms with Crippen molar-refractivity contribution in [2.24, 2.45) is 11.5 Å². The van der Waals surface area contributed by atoms with Crippen LogP contribution in [0.25, 0.3) is 0 Å². The number of anilines is 2. The molecule has 2 amide bonds. The minimum Gasteiger partial charge on any atom is -0.449 e. The van der Waals surface area contributed by atoms with Crippen LogP contribution in [0.4, 0.5) is 38.5 Å². The Labute approximate surface area is 220 Å². The normalized spacial score (nSPS) is 6.93. The van der Waals surface area contributed by atoms with E-state index in [1.807, 2.05) is 0 Å². The SMILES string of the molecule is CF.CF.FF.FF.NC(=O)c1c[c-]cc(C(N)=O)c1.Nc1c[c-]cc(N)c1.[Y].[Y]. The van der Waals surface area contributed by atoms with Gasteiger partial charge in [0.2, 0.25) is 0 Å². The molecule has 8 N–H and O–H groups in total. The monoisotopic (exact) mass is 592 g/mol.